The van der Waals surface area contributed by atoms with Gasteiger partial charge < -0.3 is 19.6 Å². The summed E-state index contributed by atoms with van der Waals surface area (Å²) in [5.74, 6) is 0.765. The summed E-state index contributed by atoms with van der Waals surface area (Å²) in [5.41, 5.74) is -0.693. The van der Waals surface area contributed by atoms with E-state index < -0.39 is 5.60 Å². The van der Waals surface area contributed by atoms with E-state index in [0.29, 0.717) is 19.1 Å². The Morgan fingerprint density at radius 2 is 2.32 bits per heavy atom. The van der Waals surface area contributed by atoms with Crippen molar-refractivity contribution in [1.29, 1.82) is 0 Å². The molecule has 1 fully saturated rings. The number of nitrogens with zero attached hydrogens (tertiary/aromatic N) is 4. The van der Waals surface area contributed by atoms with Crippen LogP contribution in [-0.4, -0.2) is 66.4 Å². The van der Waals surface area contributed by atoms with Crippen molar-refractivity contribution in [2.24, 2.45) is 0 Å². The molecule has 1 aliphatic rings. The van der Waals surface area contributed by atoms with Gasteiger partial charge >= 0.3 is 6.01 Å². The second kappa shape index (κ2) is 5.60. The van der Waals surface area contributed by atoms with Gasteiger partial charge in [0.25, 0.3) is 0 Å². The van der Waals surface area contributed by atoms with Crippen molar-refractivity contribution in [1.82, 2.24) is 14.9 Å². The molecule has 1 saturated heterocycles. The Balaban J connectivity index is 2.16. The van der Waals surface area contributed by atoms with Crippen LogP contribution < -0.4 is 9.64 Å². The smallest absolute Gasteiger partial charge is 0.318 e. The molecule has 106 valence electrons. The van der Waals surface area contributed by atoms with E-state index >= 15 is 0 Å². The Hall–Kier alpha value is -0.920. The molecule has 0 aromatic carbocycles. The molecule has 19 heavy (non-hydrogen) atoms. The molecule has 1 aliphatic heterocycles. The van der Waals surface area contributed by atoms with Gasteiger partial charge in [0.1, 0.15) is 5.82 Å². The van der Waals surface area contributed by atoms with Crippen molar-refractivity contribution in [3.8, 4) is 6.01 Å². The van der Waals surface area contributed by atoms with Gasteiger partial charge in [-0.3, -0.25) is 0 Å². The number of hydrogen-bond acceptors (Lipinski definition) is 6. The molecule has 2 rings (SSSR count). The van der Waals surface area contributed by atoms with Crippen molar-refractivity contribution < 1.29 is 9.84 Å². The van der Waals surface area contributed by atoms with Crippen molar-refractivity contribution in [3.63, 3.8) is 0 Å². The normalized spacial score (nSPS) is 23.2. The summed E-state index contributed by atoms with van der Waals surface area (Å²) < 4.78 is 5.85. The van der Waals surface area contributed by atoms with Crippen LogP contribution >= 0.6 is 15.9 Å². The first-order valence-electron chi connectivity index (χ1n) is 6.12. The van der Waals surface area contributed by atoms with E-state index in [0.717, 1.165) is 23.3 Å². The number of rotatable bonds is 4. The standard InChI is InChI=1S/C12H19BrN4O2/c1-16(2)7-12(18)4-5-17(8-12)10-9(13)6-14-11(15-10)19-3/h6,18H,4-5,7-8H2,1-3H3. The van der Waals surface area contributed by atoms with Crippen LogP contribution in [0.5, 0.6) is 6.01 Å². The fourth-order valence-electron chi connectivity index (χ4n) is 2.42. The summed E-state index contributed by atoms with van der Waals surface area (Å²) in [6.07, 6.45) is 2.40. The van der Waals surface area contributed by atoms with Crippen LogP contribution in [0.4, 0.5) is 5.82 Å². The third kappa shape index (κ3) is 3.34. The Kier molecular flexibility index (Phi) is 4.27. The number of β-amino-alcohol motifs (C(OH)–C–C–N with tert-alkyl or cyclic N) is 1. The molecule has 1 N–H and O–H groups in total. The maximum atomic E-state index is 10.5. The van der Waals surface area contributed by atoms with Crippen LogP contribution in [0.1, 0.15) is 6.42 Å². The van der Waals surface area contributed by atoms with E-state index in [1.165, 1.54) is 0 Å². The van der Waals surface area contributed by atoms with E-state index in [9.17, 15) is 5.11 Å². The quantitative estimate of drug-likeness (QED) is 0.879. The summed E-state index contributed by atoms with van der Waals surface area (Å²) in [4.78, 5) is 12.4. The zero-order chi connectivity index (χ0) is 14.0. The molecule has 0 amide bonds. The molecule has 0 aliphatic carbocycles. The number of methoxy groups -OCH3 is 1. The summed E-state index contributed by atoms with van der Waals surface area (Å²) in [6, 6.07) is 0.334. The van der Waals surface area contributed by atoms with Crippen molar-refractivity contribution in [2.75, 3.05) is 45.7 Å². The third-order valence-corrected chi connectivity index (χ3v) is 3.69. The summed E-state index contributed by atoms with van der Waals surface area (Å²) in [7, 11) is 5.47. The minimum Gasteiger partial charge on any atom is -0.467 e. The minimum absolute atomic E-state index is 0.334. The van der Waals surface area contributed by atoms with E-state index in [1.807, 2.05) is 19.0 Å². The number of halogens is 1. The Morgan fingerprint density at radius 3 is 2.95 bits per heavy atom. The lowest BCUT2D eigenvalue weighted by atomic mass is 10.0. The van der Waals surface area contributed by atoms with Gasteiger partial charge in [0.2, 0.25) is 0 Å². The van der Waals surface area contributed by atoms with Crippen molar-refractivity contribution in [3.05, 3.63) is 10.7 Å². The monoisotopic (exact) mass is 330 g/mol. The number of hydrogen-bond donors (Lipinski definition) is 1. The average Bonchev–Trinajstić information content (AvgIpc) is 2.71. The number of aliphatic hydroxyl groups is 1. The van der Waals surface area contributed by atoms with E-state index in [4.69, 9.17) is 4.74 Å². The molecule has 1 aromatic heterocycles. The lowest BCUT2D eigenvalue weighted by Crippen LogP contribution is -2.42. The molecule has 0 spiro atoms. The highest BCUT2D eigenvalue weighted by molar-refractivity contribution is 9.10. The average molecular weight is 331 g/mol. The minimum atomic E-state index is -0.693. The summed E-state index contributed by atoms with van der Waals surface area (Å²) in [5, 5.41) is 10.5. The molecule has 0 radical (unpaired) electrons. The maximum Gasteiger partial charge on any atom is 0.318 e. The topological polar surface area (TPSA) is 61.7 Å². The number of likely N-dealkylation sites (N-methyl/N-ethyl adjacent to an activating group) is 1. The Labute approximate surface area is 121 Å². The first-order chi connectivity index (χ1) is 8.93. The molecule has 1 unspecified atom stereocenters. The SMILES string of the molecule is COc1ncc(Br)c(N2CCC(O)(CN(C)C)C2)n1. The highest BCUT2D eigenvalue weighted by Gasteiger charge is 2.37. The molecular weight excluding hydrogens is 312 g/mol. The van der Waals surface area contributed by atoms with Gasteiger partial charge in [-0.05, 0) is 36.4 Å². The van der Waals surface area contributed by atoms with Gasteiger partial charge in [0.05, 0.1) is 23.4 Å². The molecule has 0 bridgehead atoms. The lowest BCUT2D eigenvalue weighted by Gasteiger charge is -2.27. The van der Waals surface area contributed by atoms with Crippen LogP contribution in [0.25, 0.3) is 0 Å². The van der Waals surface area contributed by atoms with Gasteiger partial charge in [0.15, 0.2) is 0 Å². The third-order valence-electron chi connectivity index (χ3n) is 3.13. The molecule has 1 atom stereocenters. The van der Waals surface area contributed by atoms with E-state index in [-0.39, 0.29) is 0 Å². The van der Waals surface area contributed by atoms with Crippen LogP contribution in [-0.2, 0) is 0 Å². The van der Waals surface area contributed by atoms with Crippen LogP contribution in [0.2, 0.25) is 0 Å². The van der Waals surface area contributed by atoms with Gasteiger partial charge in [-0.15, -0.1) is 0 Å². The fraction of sp³-hybridized carbons (Fsp3) is 0.667. The molecule has 1 aromatic rings. The predicted octanol–water partition coefficient (Wildman–Crippen LogP) is 0.750. The number of ether oxygens (including phenoxy) is 1. The first kappa shape index (κ1) is 14.5. The molecule has 2 heterocycles. The number of anilines is 1. The van der Waals surface area contributed by atoms with Crippen molar-refractivity contribution in [2.45, 2.75) is 12.0 Å². The maximum absolute atomic E-state index is 10.5. The lowest BCUT2D eigenvalue weighted by molar-refractivity contribution is 0.0365. The second-order valence-corrected chi connectivity index (χ2v) is 6.02. The number of aromatic nitrogens is 2. The predicted molar refractivity (Wildman–Crippen MR) is 76.6 cm³/mol. The molecular formula is C12H19BrN4O2. The Bertz CT molecular complexity index is 457. The van der Waals surface area contributed by atoms with Gasteiger partial charge in [-0.25, -0.2) is 4.98 Å². The van der Waals surface area contributed by atoms with Crippen LogP contribution in [0.15, 0.2) is 10.7 Å². The largest absolute Gasteiger partial charge is 0.467 e. The highest BCUT2D eigenvalue weighted by Crippen LogP contribution is 2.31. The van der Waals surface area contributed by atoms with Crippen molar-refractivity contribution >= 4 is 21.7 Å². The molecule has 6 nitrogen and oxygen atoms in total. The van der Waals surface area contributed by atoms with Gasteiger partial charge in [-0.2, -0.15) is 4.98 Å². The highest BCUT2D eigenvalue weighted by atomic mass is 79.9. The fourth-order valence-corrected chi connectivity index (χ4v) is 2.86. The Morgan fingerprint density at radius 1 is 1.58 bits per heavy atom. The van der Waals surface area contributed by atoms with E-state index in [2.05, 4.69) is 30.8 Å². The first-order valence-corrected chi connectivity index (χ1v) is 6.91. The van der Waals surface area contributed by atoms with Crippen LogP contribution in [0, 0.1) is 0 Å². The van der Waals surface area contributed by atoms with Crippen LogP contribution in [0.3, 0.4) is 0 Å². The molecule has 7 heteroatoms. The van der Waals surface area contributed by atoms with Gasteiger partial charge in [0, 0.05) is 19.6 Å². The second-order valence-electron chi connectivity index (χ2n) is 5.16. The zero-order valence-corrected chi connectivity index (χ0v) is 13.0. The van der Waals surface area contributed by atoms with E-state index in [1.54, 1.807) is 13.3 Å². The summed E-state index contributed by atoms with van der Waals surface area (Å²) in [6.45, 7) is 1.97. The summed E-state index contributed by atoms with van der Waals surface area (Å²) >= 11 is 3.44. The molecule has 0 saturated carbocycles. The van der Waals surface area contributed by atoms with Gasteiger partial charge in [-0.1, -0.05) is 0 Å². The zero-order valence-electron chi connectivity index (χ0n) is 11.4.